The van der Waals surface area contributed by atoms with Crippen LogP contribution in [0.1, 0.15) is 0 Å². The van der Waals surface area contributed by atoms with E-state index >= 15 is 0 Å². The van der Waals surface area contributed by atoms with Crippen LogP contribution in [-0.4, -0.2) is 38.1 Å². The van der Waals surface area contributed by atoms with Crippen molar-refractivity contribution in [1.82, 2.24) is 4.90 Å². The lowest BCUT2D eigenvalue weighted by atomic mass is 10.1. The molecule has 1 fully saturated rings. The van der Waals surface area contributed by atoms with E-state index in [0.717, 1.165) is 37.0 Å². The molecule has 0 saturated carbocycles. The average molecular weight is 294 g/mol. The summed E-state index contributed by atoms with van der Waals surface area (Å²) in [6.07, 6.45) is 0. The Bertz CT molecular complexity index is 892. The van der Waals surface area contributed by atoms with Gasteiger partial charge in [0.05, 0.1) is 5.39 Å². The molecule has 3 aromatic rings. The molecule has 4 heteroatoms. The Morgan fingerprint density at radius 1 is 0.955 bits per heavy atom. The number of hydrogen-bond donors (Lipinski definition) is 0. The number of rotatable bonds is 1. The monoisotopic (exact) mass is 294 g/mol. The third kappa shape index (κ3) is 2.16. The minimum Gasteiger partial charge on any atom is -0.440 e. The van der Waals surface area contributed by atoms with Crippen molar-refractivity contribution in [3.8, 4) is 0 Å². The third-order valence-electron chi connectivity index (χ3n) is 4.42. The standard InChI is InChI=1S/C18H18N2O2/c1-19-8-10-20(11-9-19)17-12-16(21)15-7-6-13-4-2-3-5-14(13)18(15)22-17/h2-7,12H,8-11H2,1H3. The third-order valence-corrected chi connectivity index (χ3v) is 4.42. The Balaban J connectivity index is 1.90. The van der Waals surface area contributed by atoms with Crippen LogP contribution in [0, 0.1) is 0 Å². The van der Waals surface area contributed by atoms with Gasteiger partial charge in [0.1, 0.15) is 5.58 Å². The summed E-state index contributed by atoms with van der Waals surface area (Å²) in [5.74, 6) is 0.682. The minimum absolute atomic E-state index is 0.0286. The van der Waals surface area contributed by atoms with Gasteiger partial charge in [0.25, 0.3) is 0 Å². The van der Waals surface area contributed by atoms with Gasteiger partial charge in [-0.25, -0.2) is 0 Å². The van der Waals surface area contributed by atoms with Crippen LogP contribution < -0.4 is 10.3 Å². The van der Waals surface area contributed by atoms with E-state index in [1.807, 2.05) is 36.4 Å². The number of likely N-dealkylation sites (N-methyl/N-ethyl adjacent to an activating group) is 1. The average Bonchev–Trinajstić information content (AvgIpc) is 2.55. The summed E-state index contributed by atoms with van der Waals surface area (Å²) in [5.41, 5.74) is 0.723. The molecule has 0 N–H and O–H groups in total. The van der Waals surface area contributed by atoms with Gasteiger partial charge < -0.3 is 14.2 Å². The first-order valence-electron chi connectivity index (χ1n) is 7.61. The van der Waals surface area contributed by atoms with Crippen LogP contribution in [-0.2, 0) is 0 Å². The van der Waals surface area contributed by atoms with Gasteiger partial charge in [0.15, 0.2) is 11.3 Å². The summed E-state index contributed by atoms with van der Waals surface area (Å²) in [6.45, 7) is 3.74. The van der Waals surface area contributed by atoms with Crippen molar-refractivity contribution in [2.24, 2.45) is 0 Å². The Hall–Kier alpha value is -2.33. The maximum atomic E-state index is 12.5. The molecule has 22 heavy (non-hydrogen) atoms. The molecule has 2 aromatic carbocycles. The first-order chi connectivity index (χ1) is 10.7. The smallest absolute Gasteiger partial charge is 0.200 e. The number of nitrogens with zero attached hydrogens (tertiary/aromatic N) is 2. The number of hydrogen-bond acceptors (Lipinski definition) is 4. The van der Waals surface area contributed by atoms with E-state index in [4.69, 9.17) is 4.42 Å². The Labute approximate surface area is 128 Å². The zero-order valence-electron chi connectivity index (χ0n) is 12.6. The highest BCUT2D eigenvalue weighted by molar-refractivity contribution is 6.04. The van der Waals surface area contributed by atoms with Gasteiger partial charge in [0.2, 0.25) is 0 Å². The largest absolute Gasteiger partial charge is 0.440 e. The van der Waals surface area contributed by atoms with Gasteiger partial charge in [-0.2, -0.15) is 0 Å². The fourth-order valence-corrected chi connectivity index (χ4v) is 3.05. The molecule has 4 rings (SSSR count). The summed E-state index contributed by atoms with van der Waals surface area (Å²) in [4.78, 5) is 16.9. The molecule has 2 heterocycles. The van der Waals surface area contributed by atoms with E-state index in [1.54, 1.807) is 6.07 Å². The fraction of sp³-hybridized carbons (Fsp3) is 0.278. The Morgan fingerprint density at radius 2 is 1.73 bits per heavy atom. The molecular formula is C18H18N2O2. The van der Waals surface area contributed by atoms with Crippen LogP contribution in [0.4, 0.5) is 5.88 Å². The van der Waals surface area contributed by atoms with Crippen molar-refractivity contribution < 1.29 is 4.42 Å². The molecular weight excluding hydrogens is 276 g/mol. The molecule has 0 spiro atoms. The molecule has 0 atom stereocenters. The second-order valence-electron chi connectivity index (χ2n) is 5.90. The van der Waals surface area contributed by atoms with Crippen LogP contribution in [0.3, 0.4) is 0 Å². The molecule has 1 saturated heterocycles. The summed E-state index contributed by atoms with van der Waals surface area (Å²) in [7, 11) is 2.11. The zero-order valence-corrected chi connectivity index (χ0v) is 12.6. The highest BCUT2D eigenvalue weighted by Gasteiger charge is 2.18. The quantitative estimate of drug-likeness (QED) is 0.647. The highest BCUT2D eigenvalue weighted by atomic mass is 16.4. The maximum absolute atomic E-state index is 12.5. The molecule has 0 bridgehead atoms. The first-order valence-corrected chi connectivity index (χ1v) is 7.61. The van der Waals surface area contributed by atoms with E-state index < -0.39 is 0 Å². The minimum atomic E-state index is 0.0286. The molecule has 4 nitrogen and oxygen atoms in total. The van der Waals surface area contributed by atoms with Crippen molar-refractivity contribution in [2.75, 3.05) is 38.1 Å². The lowest BCUT2D eigenvalue weighted by Gasteiger charge is -2.32. The summed E-state index contributed by atoms with van der Waals surface area (Å²) < 4.78 is 6.14. The van der Waals surface area contributed by atoms with E-state index in [2.05, 4.69) is 16.8 Å². The van der Waals surface area contributed by atoms with Crippen LogP contribution in [0.25, 0.3) is 21.7 Å². The van der Waals surface area contributed by atoms with Crippen molar-refractivity contribution >= 4 is 27.6 Å². The van der Waals surface area contributed by atoms with E-state index in [-0.39, 0.29) is 5.43 Å². The van der Waals surface area contributed by atoms with E-state index in [0.29, 0.717) is 16.9 Å². The van der Waals surface area contributed by atoms with Crippen molar-refractivity contribution in [3.05, 3.63) is 52.7 Å². The zero-order chi connectivity index (χ0) is 15.1. The summed E-state index contributed by atoms with van der Waals surface area (Å²) in [6, 6.07) is 13.5. The molecule has 1 aliphatic rings. The Morgan fingerprint density at radius 3 is 2.55 bits per heavy atom. The van der Waals surface area contributed by atoms with Crippen molar-refractivity contribution in [1.29, 1.82) is 0 Å². The molecule has 0 amide bonds. The number of benzene rings is 2. The normalized spacial score (nSPS) is 16.5. The maximum Gasteiger partial charge on any atom is 0.200 e. The van der Waals surface area contributed by atoms with Gasteiger partial charge in [-0.05, 0) is 18.5 Å². The van der Waals surface area contributed by atoms with Crippen LogP contribution in [0.5, 0.6) is 0 Å². The van der Waals surface area contributed by atoms with Gasteiger partial charge in [-0.15, -0.1) is 0 Å². The fourth-order valence-electron chi connectivity index (χ4n) is 3.05. The van der Waals surface area contributed by atoms with Crippen molar-refractivity contribution in [2.45, 2.75) is 0 Å². The van der Waals surface area contributed by atoms with E-state index in [9.17, 15) is 4.79 Å². The van der Waals surface area contributed by atoms with Crippen LogP contribution in [0.15, 0.2) is 51.7 Å². The topological polar surface area (TPSA) is 36.7 Å². The molecule has 112 valence electrons. The molecule has 1 aliphatic heterocycles. The van der Waals surface area contributed by atoms with Gasteiger partial charge in [-0.1, -0.05) is 30.3 Å². The van der Waals surface area contributed by atoms with Crippen LogP contribution >= 0.6 is 0 Å². The number of fused-ring (bicyclic) bond motifs is 3. The molecule has 1 aromatic heterocycles. The second kappa shape index (κ2) is 5.14. The lowest BCUT2D eigenvalue weighted by Crippen LogP contribution is -2.44. The molecule has 0 unspecified atom stereocenters. The Kier molecular flexibility index (Phi) is 3.12. The van der Waals surface area contributed by atoms with Crippen molar-refractivity contribution in [3.63, 3.8) is 0 Å². The predicted octanol–water partition coefficient (Wildman–Crippen LogP) is 2.70. The highest BCUT2D eigenvalue weighted by Crippen LogP contribution is 2.27. The van der Waals surface area contributed by atoms with E-state index in [1.165, 1.54) is 0 Å². The number of piperazine rings is 1. The van der Waals surface area contributed by atoms with Gasteiger partial charge in [-0.3, -0.25) is 4.79 Å². The van der Waals surface area contributed by atoms with Gasteiger partial charge >= 0.3 is 0 Å². The summed E-state index contributed by atoms with van der Waals surface area (Å²) in [5, 5.41) is 2.73. The predicted molar refractivity (Wildman–Crippen MR) is 89.7 cm³/mol. The SMILES string of the molecule is CN1CCN(c2cc(=O)c3ccc4ccccc4c3o2)CC1. The number of anilines is 1. The summed E-state index contributed by atoms with van der Waals surface area (Å²) >= 11 is 0. The van der Waals surface area contributed by atoms with Gasteiger partial charge in [0, 0.05) is 37.6 Å². The van der Waals surface area contributed by atoms with Crippen LogP contribution in [0.2, 0.25) is 0 Å². The molecule has 0 radical (unpaired) electrons. The first kappa shape index (κ1) is 13.3. The second-order valence-corrected chi connectivity index (χ2v) is 5.90. The molecule has 0 aliphatic carbocycles. The lowest BCUT2D eigenvalue weighted by molar-refractivity contribution is 0.306.